The number of anilines is 2. The molecule has 0 bridgehead atoms. The molecular formula is C51H49F3N7O5Si+. The number of carbonyl (C=O) groups excluding carboxylic acids is 3. The number of benzene rings is 4. The van der Waals surface area contributed by atoms with Gasteiger partial charge in [0.1, 0.15) is 55.2 Å². The molecule has 0 unspecified atom stereocenters. The van der Waals surface area contributed by atoms with Gasteiger partial charge in [0.15, 0.2) is 23.2 Å². The van der Waals surface area contributed by atoms with Crippen molar-refractivity contribution in [2.45, 2.75) is 65.3 Å². The van der Waals surface area contributed by atoms with Gasteiger partial charge in [0.05, 0.1) is 18.7 Å². The van der Waals surface area contributed by atoms with Crippen LogP contribution in [-0.4, -0.2) is 89.6 Å². The van der Waals surface area contributed by atoms with Crippen LogP contribution in [0.25, 0.3) is 34.0 Å². The summed E-state index contributed by atoms with van der Waals surface area (Å²) in [6, 6.07) is 20.5. The van der Waals surface area contributed by atoms with Crippen LogP contribution in [0.15, 0.2) is 102 Å². The SMILES string of the molecule is CC(C)(C)OC(=O)NCCC(=O)N1Cc2ccccc2-c2nnn(-c3c(F)cc(C(=O)OC4=C5C=CC(=[N+]6CCC6)C=C5[Si](C)(C)c5cc(N6CCC6)ccc54)c(F)c3F)c2-c2ccccc21. The second kappa shape index (κ2) is 16.7. The fraction of sp³-hybridized carbons (Fsp3) is 0.294. The number of rotatable bonds is 7. The summed E-state index contributed by atoms with van der Waals surface area (Å²) in [6.07, 6.45) is 7.51. The fourth-order valence-electron chi connectivity index (χ4n) is 9.37. The highest BCUT2D eigenvalue weighted by Gasteiger charge is 2.43. The van der Waals surface area contributed by atoms with Crippen molar-refractivity contribution < 1.29 is 41.6 Å². The number of amides is 2. The zero-order valence-electron chi connectivity index (χ0n) is 37.9. The number of para-hydroxylation sites is 1. The molecule has 4 aromatic carbocycles. The Balaban J connectivity index is 1.02. The smallest absolute Gasteiger partial charge is 0.407 e. The molecule has 0 radical (unpaired) electrons. The lowest BCUT2D eigenvalue weighted by atomic mass is 9.95. The molecule has 5 aliphatic rings. The first kappa shape index (κ1) is 43.8. The molecule has 0 atom stereocenters. The number of nitrogens with zero attached hydrogens (tertiary/aromatic N) is 6. The Labute approximate surface area is 386 Å². The monoisotopic (exact) mass is 924 g/mol. The minimum absolute atomic E-state index is 0.0272. The molecular weight excluding hydrogens is 876 g/mol. The van der Waals surface area contributed by atoms with Gasteiger partial charge in [-0.15, -0.1) is 5.10 Å². The topological polar surface area (TPSA) is 122 Å². The molecule has 1 N–H and O–H groups in total. The number of carbonyl (C=O) groups is 3. The summed E-state index contributed by atoms with van der Waals surface area (Å²) >= 11 is 0. The Kier molecular flexibility index (Phi) is 10.9. The third-order valence-corrected chi connectivity index (χ3v) is 16.6. The molecule has 5 aromatic rings. The van der Waals surface area contributed by atoms with Gasteiger partial charge in [-0.25, -0.2) is 32.0 Å². The van der Waals surface area contributed by atoms with Crippen LogP contribution in [0.2, 0.25) is 13.1 Å². The second-order valence-electron chi connectivity index (χ2n) is 18.9. The molecule has 342 valence electrons. The van der Waals surface area contributed by atoms with Crippen molar-refractivity contribution >= 4 is 54.1 Å². The average molecular weight is 925 g/mol. The van der Waals surface area contributed by atoms with Crippen LogP contribution < -0.4 is 20.3 Å². The molecule has 2 saturated heterocycles. The Morgan fingerprint density at radius 3 is 2.34 bits per heavy atom. The standard InChI is InChI=1S/C51H48F3N7O5Si/c1-51(2,3)66-50(64)55-21-20-42(62)60-29-30-12-6-7-13-33(30)45-46(34-14-8-9-15-39(34)60)61(57-56-45)47-38(52)28-37(43(53)44(47)54)49(63)65-48-35-18-16-31(58-22-10-23-58)26-40(35)67(4,5)41-27-32(17-19-36(41)48)59-24-11-25-59/h6-9,12-19,26-28H,10-11,20-25,29H2,1-5H3/p+1. The number of hydrogen-bond acceptors (Lipinski definition) is 8. The number of halogens is 3. The maximum Gasteiger partial charge on any atom is 0.407 e. The highest BCUT2D eigenvalue weighted by atomic mass is 28.3. The van der Waals surface area contributed by atoms with Crippen molar-refractivity contribution in [3.05, 3.63) is 136 Å². The number of hydrogen-bond donors (Lipinski definition) is 1. The molecule has 2 fully saturated rings. The van der Waals surface area contributed by atoms with E-state index in [0.29, 0.717) is 39.6 Å². The molecule has 1 aliphatic carbocycles. The summed E-state index contributed by atoms with van der Waals surface area (Å²) in [5.41, 5.74) is 3.09. The normalized spacial score (nSPS) is 16.8. The van der Waals surface area contributed by atoms with E-state index in [-0.39, 0.29) is 42.6 Å². The van der Waals surface area contributed by atoms with Gasteiger partial charge in [-0.05, 0) is 79.5 Å². The summed E-state index contributed by atoms with van der Waals surface area (Å²) < 4.78 is 64.9. The number of allylic oxidation sites excluding steroid dienone is 5. The number of fused-ring (bicyclic) bond motifs is 7. The predicted octanol–water partition coefficient (Wildman–Crippen LogP) is 8.38. The molecule has 4 aliphatic heterocycles. The molecule has 2 amide bonds. The molecule has 10 rings (SSSR count). The van der Waals surface area contributed by atoms with Crippen LogP contribution in [0.4, 0.5) is 29.3 Å². The van der Waals surface area contributed by atoms with Crippen molar-refractivity contribution in [2.24, 2.45) is 0 Å². The van der Waals surface area contributed by atoms with Gasteiger partial charge >= 0.3 is 12.1 Å². The zero-order valence-corrected chi connectivity index (χ0v) is 38.9. The van der Waals surface area contributed by atoms with E-state index in [1.165, 1.54) is 4.90 Å². The van der Waals surface area contributed by atoms with Gasteiger partial charge in [-0.3, -0.25) is 4.79 Å². The molecule has 12 nitrogen and oxygen atoms in total. The number of alkyl carbamates (subject to hydrolysis) is 1. The van der Waals surface area contributed by atoms with Gasteiger partial charge in [-0.1, -0.05) is 60.8 Å². The Morgan fingerprint density at radius 2 is 1.63 bits per heavy atom. The Morgan fingerprint density at radius 1 is 0.881 bits per heavy atom. The van der Waals surface area contributed by atoms with Gasteiger partial charge < -0.3 is 24.6 Å². The summed E-state index contributed by atoms with van der Waals surface area (Å²) in [7, 11) is -2.41. The summed E-state index contributed by atoms with van der Waals surface area (Å²) in [6.45, 7) is 13.6. The van der Waals surface area contributed by atoms with E-state index >= 15 is 13.2 Å². The minimum Gasteiger partial charge on any atom is -0.444 e. The van der Waals surface area contributed by atoms with Gasteiger partial charge in [0.25, 0.3) is 0 Å². The molecule has 0 saturated carbocycles. The first-order valence-electron chi connectivity index (χ1n) is 22.6. The van der Waals surface area contributed by atoms with Crippen LogP contribution in [0.3, 0.4) is 0 Å². The number of ether oxygens (including phenoxy) is 2. The zero-order chi connectivity index (χ0) is 46.9. The highest BCUT2D eigenvalue weighted by Crippen LogP contribution is 2.44. The van der Waals surface area contributed by atoms with Crippen molar-refractivity contribution in [1.29, 1.82) is 0 Å². The van der Waals surface area contributed by atoms with E-state index in [9.17, 15) is 14.4 Å². The van der Waals surface area contributed by atoms with E-state index in [1.807, 2.05) is 24.3 Å². The molecule has 67 heavy (non-hydrogen) atoms. The molecule has 5 heterocycles. The first-order chi connectivity index (χ1) is 32.1. The number of aromatic nitrogens is 3. The van der Waals surface area contributed by atoms with Crippen LogP contribution in [0, 0.1) is 17.5 Å². The largest absolute Gasteiger partial charge is 0.444 e. The van der Waals surface area contributed by atoms with Crippen molar-refractivity contribution in [3.8, 4) is 28.2 Å². The third kappa shape index (κ3) is 7.75. The van der Waals surface area contributed by atoms with E-state index in [0.717, 1.165) is 65.5 Å². The fourth-order valence-corrected chi connectivity index (χ4v) is 12.4. The first-order valence-corrected chi connectivity index (χ1v) is 25.6. The van der Waals surface area contributed by atoms with Crippen molar-refractivity contribution in [1.82, 2.24) is 20.3 Å². The van der Waals surface area contributed by atoms with Crippen LogP contribution in [-0.2, 0) is 20.8 Å². The lowest BCUT2D eigenvalue weighted by Crippen LogP contribution is -2.50. The lowest BCUT2D eigenvalue weighted by molar-refractivity contribution is -0.582. The van der Waals surface area contributed by atoms with Gasteiger partial charge in [-0.2, -0.15) is 0 Å². The van der Waals surface area contributed by atoms with Gasteiger partial charge in [0.2, 0.25) is 5.91 Å². The van der Waals surface area contributed by atoms with Gasteiger partial charge in [0, 0.05) is 66.2 Å². The van der Waals surface area contributed by atoms with Crippen LogP contribution in [0.1, 0.15) is 61.5 Å². The molecule has 0 spiro atoms. The summed E-state index contributed by atoms with van der Waals surface area (Å²) in [5, 5.41) is 13.3. The Hall–Kier alpha value is -7.07. The molecule has 16 heteroatoms. The highest BCUT2D eigenvalue weighted by molar-refractivity contribution is 6.97. The van der Waals surface area contributed by atoms with Crippen LogP contribution in [0.5, 0.6) is 0 Å². The summed E-state index contributed by atoms with van der Waals surface area (Å²) in [5.74, 6) is -6.05. The molecule has 1 aromatic heterocycles. The van der Waals surface area contributed by atoms with Crippen LogP contribution >= 0.6 is 0 Å². The number of esters is 1. The van der Waals surface area contributed by atoms with Crippen molar-refractivity contribution in [3.63, 3.8) is 0 Å². The third-order valence-electron chi connectivity index (χ3n) is 13.1. The minimum atomic E-state index is -2.41. The summed E-state index contributed by atoms with van der Waals surface area (Å²) in [4.78, 5) is 44.5. The predicted molar refractivity (Wildman–Crippen MR) is 252 cm³/mol. The van der Waals surface area contributed by atoms with Crippen molar-refractivity contribution in [2.75, 3.05) is 42.5 Å². The maximum absolute atomic E-state index is 16.8. The second-order valence-corrected chi connectivity index (χ2v) is 23.2. The Bertz CT molecular complexity index is 3060. The van der Waals surface area contributed by atoms with E-state index in [2.05, 4.69) is 50.3 Å². The maximum atomic E-state index is 16.8. The van der Waals surface area contributed by atoms with E-state index in [1.54, 1.807) is 69.3 Å². The average Bonchev–Trinajstić information content (AvgIpc) is 3.67. The quantitative estimate of drug-likeness (QED) is 0.0749. The lowest BCUT2D eigenvalue weighted by Gasteiger charge is -2.39. The van der Waals surface area contributed by atoms with E-state index < -0.39 is 54.4 Å². The van der Waals surface area contributed by atoms with E-state index in [4.69, 9.17) is 9.47 Å². The number of nitrogens with one attached hydrogen (secondary N) is 1.